The van der Waals surface area contributed by atoms with E-state index >= 15 is 0 Å². The van der Waals surface area contributed by atoms with E-state index in [9.17, 15) is 21.6 Å². The zero-order valence-electron chi connectivity index (χ0n) is 8.87. The Bertz CT molecular complexity index is 530. The van der Waals surface area contributed by atoms with Crippen molar-refractivity contribution in [3.8, 4) is 0 Å². The van der Waals surface area contributed by atoms with Crippen LogP contribution >= 0.6 is 11.6 Å². The molecule has 0 spiro atoms. The number of benzene rings is 1. The van der Waals surface area contributed by atoms with Crippen molar-refractivity contribution in [2.75, 3.05) is 18.3 Å². The molecule has 0 aliphatic carbocycles. The standard InChI is InChI=1S/C9H9ClF3NO3S/c10-7-3-6(14)1-2-8(7)18(15,16)5-17-4-9(11,12)13/h1-3H,4-5,14H2. The Balaban J connectivity index is 2.81. The van der Waals surface area contributed by atoms with Gasteiger partial charge in [0.15, 0.2) is 5.94 Å². The Hall–Kier alpha value is -0.990. The average Bonchev–Trinajstić information content (AvgIpc) is 2.13. The first-order valence-corrected chi connectivity index (χ1v) is 6.57. The summed E-state index contributed by atoms with van der Waals surface area (Å²) in [5.41, 5.74) is 5.61. The zero-order valence-corrected chi connectivity index (χ0v) is 10.4. The lowest BCUT2D eigenvalue weighted by Crippen LogP contribution is -2.20. The van der Waals surface area contributed by atoms with Gasteiger partial charge in [0.25, 0.3) is 0 Å². The molecule has 4 nitrogen and oxygen atoms in total. The topological polar surface area (TPSA) is 69.4 Å². The molecule has 0 bridgehead atoms. The largest absolute Gasteiger partial charge is 0.411 e. The second-order valence-electron chi connectivity index (χ2n) is 3.39. The van der Waals surface area contributed by atoms with Crippen LogP contribution in [0.25, 0.3) is 0 Å². The van der Waals surface area contributed by atoms with Gasteiger partial charge in [-0.05, 0) is 18.2 Å². The summed E-state index contributed by atoms with van der Waals surface area (Å²) in [6.07, 6.45) is -4.58. The van der Waals surface area contributed by atoms with E-state index in [2.05, 4.69) is 4.74 Å². The Labute approximate surface area is 106 Å². The molecule has 18 heavy (non-hydrogen) atoms. The third-order valence-corrected chi connectivity index (χ3v) is 3.72. The third kappa shape index (κ3) is 4.35. The van der Waals surface area contributed by atoms with E-state index < -0.39 is 28.6 Å². The molecule has 0 amide bonds. The second-order valence-corrected chi connectivity index (χ2v) is 5.70. The van der Waals surface area contributed by atoms with E-state index in [0.29, 0.717) is 0 Å². The van der Waals surface area contributed by atoms with Crippen molar-refractivity contribution >= 4 is 27.1 Å². The maximum atomic E-state index is 11.8. The number of rotatable bonds is 4. The highest BCUT2D eigenvalue weighted by Gasteiger charge is 2.29. The zero-order chi connectivity index (χ0) is 14.0. The summed E-state index contributed by atoms with van der Waals surface area (Å²) in [6, 6.07) is 3.59. The molecule has 0 heterocycles. The van der Waals surface area contributed by atoms with Gasteiger partial charge in [-0.1, -0.05) is 11.6 Å². The molecule has 102 valence electrons. The fourth-order valence-electron chi connectivity index (χ4n) is 1.10. The molecular formula is C9H9ClF3NO3S. The lowest BCUT2D eigenvalue weighted by atomic mass is 10.3. The van der Waals surface area contributed by atoms with E-state index in [1.54, 1.807) is 0 Å². The molecule has 1 aromatic carbocycles. The molecule has 0 aromatic heterocycles. The molecule has 0 radical (unpaired) electrons. The molecule has 0 saturated heterocycles. The molecule has 9 heteroatoms. The van der Waals surface area contributed by atoms with Crippen LogP contribution in [-0.2, 0) is 14.6 Å². The van der Waals surface area contributed by atoms with Gasteiger partial charge in [-0.3, -0.25) is 0 Å². The summed E-state index contributed by atoms with van der Waals surface area (Å²) in [6.45, 7) is -1.64. The number of ether oxygens (including phenoxy) is 1. The Morgan fingerprint density at radius 1 is 1.33 bits per heavy atom. The second kappa shape index (κ2) is 5.33. The van der Waals surface area contributed by atoms with Crippen molar-refractivity contribution in [1.29, 1.82) is 0 Å². The van der Waals surface area contributed by atoms with Crippen molar-refractivity contribution in [3.63, 3.8) is 0 Å². The van der Waals surface area contributed by atoms with Gasteiger partial charge in [0.2, 0.25) is 9.84 Å². The maximum absolute atomic E-state index is 11.8. The lowest BCUT2D eigenvalue weighted by Gasteiger charge is -2.09. The highest BCUT2D eigenvalue weighted by molar-refractivity contribution is 7.91. The molecule has 1 rings (SSSR count). The van der Waals surface area contributed by atoms with Gasteiger partial charge in [0.1, 0.15) is 6.61 Å². The fourth-order valence-corrected chi connectivity index (χ4v) is 2.70. The molecule has 0 saturated carbocycles. The van der Waals surface area contributed by atoms with Crippen LogP contribution in [0.2, 0.25) is 5.02 Å². The number of nitrogens with two attached hydrogens (primary N) is 1. The highest BCUT2D eigenvalue weighted by atomic mass is 35.5. The number of halogens is 4. The number of nitrogen functional groups attached to an aromatic ring is 1. The molecule has 0 aliphatic heterocycles. The van der Waals surface area contributed by atoms with Gasteiger partial charge in [-0.25, -0.2) is 8.42 Å². The molecule has 1 aromatic rings. The summed E-state index contributed by atoms with van der Waals surface area (Å²) in [7, 11) is -4.04. The monoisotopic (exact) mass is 303 g/mol. The van der Waals surface area contributed by atoms with Crippen molar-refractivity contribution in [3.05, 3.63) is 23.2 Å². The van der Waals surface area contributed by atoms with E-state index in [4.69, 9.17) is 17.3 Å². The van der Waals surface area contributed by atoms with Gasteiger partial charge in [0, 0.05) is 5.69 Å². The quantitative estimate of drug-likeness (QED) is 0.866. The minimum absolute atomic E-state index is 0.161. The van der Waals surface area contributed by atoms with Gasteiger partial charge in [-0.15, -0.1) is 0 Å². The van der Waals surface area contributed by atoms with Crippen LogP contribution in [0.4, 0.5) is 18.9 Å². The first-order valence-electron chi connectivity index (χ1n) is 4.54. The first kappa shape index (κ1) is 15.1. The Morgan fingerprint density at radius 3 is 2.44 bits per heavy atom. The van der Waals surface area contributed by atoms with Crippen molar-refractivity contribution in [2.45, 2.75) is 11.1 Å². The third-order valence-electron chi connectivity index (χ3n) is 1.80. The first-order chi connectivity index (χ1) is 8.12. The lowest BCUT2D eigenvalue weighted by molar-refractivity contribution is -0.169. The summed E-state index contributed by atoms with van der Waals surface area (Å²) in [4.78, 5) is -0.319. The van der Waals surface area contributed by atoms with Crippen LogP contribution in [0.1, 0.15) is 0 Å². The number of hydrogen-bond acceptors (Lipinski definition) is 4. The summed E-state index contributed by atoms with van der Waals surface area (Å²) >= 11 is 5.65. The van der Waals surface area contributed by atoms with E-state index in [0.717, 1.165) is 6.07 Å². The average molecular weight is 304 g/mol. The van der Waals surface area contributed by atoms with Crippen LogP contribution in [0.3, 0.4) is 0 Å². The maximum Gasteiger partial charge on any atom is 0.411 e. The number of hydrogen-bond donors (Lipinski definition) is 1. The van der Waals surface area contributed by atoms with Crippen LogP contribution in [-0.4, -0.2) is 27.1 Å². The minimum Gasteiger partial charge on any atom is -0.399 e. The van der Waals surface area contributed by atoms with Crippen molar-refractivity contribution in [2.24, 2.45) is 0 Å². The normalized spacial score (nSPS) is 12.7. The molecular weight excluding hydrogens is 295 g/mol. The number of sulfone groups is 1. The molecule has 0 atom stereocenters. The predicted octanol–water partition coefficient (Wildman–Crippen LogP) is 2.23. The molecule has 0 fully saturated rings. The van der Waals surface area contributed by atoms with E-state index in [1.807, 2.05) is 0 Å². The van der Waals surface area contributed by atoms with Gasteiger partial charge >= 0.3 is 6.18 Å². The van der Waals surface area contributed by atoms with Crippen LogP contribution in [0, 0.1) is 0 Å². The van der Waals surface area contributed by atoms with Crippen molar-refractivity contribution < 1.29 is 26.3 Å². The van der Waals surface area contributed by atoms with Gasteiger partial charge in [-0.2, -0.15) is 13.2 Å². The van der Waals surface area contributed by atoms with Crippen LogP contribution in [0.5, 0.6) is 0 Å². The van der Waals surface area contributed by atoms with Gasteiger partial charge < -0.3 is 10.5 Å². The molecule has 2 N–H and O–H groups in total. The van der Waals surface area contributed by atoms with Crippen molar-refractivity contribution in [1.82, 2.24) is 0 Å². The smallest absolute Gasteiger partial charge is 0.399 e. The fraction of sp³-hybridized carbons (Fsp3) is 0.333. The SMILES string of the molecule is Nc1ccc(S(=O)(=O)COCC(F)(F)F)c(Cl)c1. The van der Waals surface area contributed by atoms with E-state index in [-0.39, 0.29) is 15.6 Å². The summed E-state index contributed by atoms with van der Waals surface area (Å²) in [5.74, 6) is -1.10. The predicted molar refractivity (Wildman–Crippen MR) is 59.9 cm³/mol. The van der Waals surface area contributed by atoms with E-state index in [1.165, 1.54) is 12.1 Å². The highest BCUT2D eigenvalue weighted by Crippen LogP contribution is 2.25. The molecule has 0 unspecified atom stereocenters. The summed E-state index contributed by atoms with van der Waals surface area (Å²) in [5, 5.41) is -0.161. The van der Waals surface area contributed by atoms with Gasteiger partial charge in [0.05, 0.1) is 9.92 Å². The van der Waals surface area contributed by atoms with Crippen LogP contribution < -0.4 is 5.73 Å². The van der Waals surface area contributed by atoms with Crippen LogP contribution in [0.15, 0.2) is 23.1 Å². The Morgan fingerprint density at radius 2 is 1.94 bits per heavy atom. The Kier molecular flexibility index (Phi) is 4.46. The number of anilines is 1. The summed E-state index contributed by atoms with van der Waals surface area (Å²) < 4.78 is 62.8. The minimum atomic E-state index is -4.58. The molecule has 0 aliphatic rings. The number of alkyl halides is 3.